The lowest BCUT2D eigenvalue weighted by atomic mass is 10.2. The highest BCUT2D eigenvalue weighted by Gasteiger charge is 2.21. The number of hydrogen-bond donors (Lipinski definition) is 0. The molecule has 4 aromatic rings. The van der Waals surface area contributed by atoms with Gasteiger partial charge >= 0.3 is 0 Å². The Hall–Kier alpha value is -3.85. The van der Waals surface area contributed by atoms with E-state index in [4.69, 9.17) is 24.5 Å². The Labute approximate surface area is 197 Å². The van der Waals surface area contributed by atoms with Crippen molar-refractivity contribution in [1.29, 1.82) is 0 Å². The Balaban J connectivity index is 1.39. The Kier molecular flexibility index (Phi) is 5.18. The zero-order chi connectivity index (χ0) is 23.1. The van der Waals surface area contributed by atoms with Crippen LogP contribution in [-0.4, -0.2) is 71.0 Å². The molecule has 1 saturated heterocycles. The van der Waals surface area contributed by atoms with E-state index in [1.165, 1.54) is 5.69 Å². The number of anilines is 3. The minimum atomic E-state index is 0.236. The van der Waals surface area contributed by atoms with Crippen LogP contribution < -0.4 is 9.80 Å². The van der Waals surface area contributed by atoms with Crippen LogP contribution in [0.3, 0.4) is 0 Å². The third-order valence-electron chi connectivity index (χ3n) is 6.41. The van der Waals surface area contributed by atoms with Gasteiger partial charge in [0.25, 0.3) is 5.95 Å². The van der Waals surface area contributed by atoms with Crippen molar-refractivity contribution in [3.05, 3.63) is 66.4 Å². The molecule has 0 atom stereocenters. The van der Waals surface area contributed by atoms with E-state index in [-0.39, 0.29) is 6.79 Å². The molecule has 6 rings (SSSR count). The molecule has 34 heavy (non-hydrogen) atoms. The molecule has 174 valence electrons. The van der Waals surface area contributed by atoms with Gasteiger partial charge in [-0.05, 0) is 49.9 Å². The second-order valence-corrected chi connectivity index (χ2v) is 8.85. The molecule has 0 radical (unpaired) electrons. The van der Waals surface area contributed by atoms with Crippen molar-refractivity contribution in [2.24, 2.45) is 0 Å². The summed E-state index contributed by atoms with van der Waals surface area (Å²) in [5.74, 6) is 1.32. The molecule has 4 heterocycles. The van der Waals surface area contributed by atoms with Crippen molar-refractivity contribution in [3.8, 4) is 0 Å². The van der Waals surface area contributed by atoms with E-state index in [0.29, 0.717) is 12.5 Å². The zero-order valence-electron chi connectivity index (χ0n) is 19.4. The quantitative estimate of drug-likeness (QED) is 0.452. The summed E-state index contributed by atoms with van der Waals surface area (Å²) in [6.07, 6.45) is 3.39. The number of rotatable bonds is 5. The van der Waals surface area contributed by atoms with Gasteiger partial charge in [-0.1, -0.05) is 12.1 Å². The lowest BCUT2D eigenvalue weighted by molar-refractivity contribution is 0.0800. The van der Waals surface area contributed by atoms with Crippen LogP contribution in [0.4, 0.5) is 17.3 Å². The van der Waals surface area contributed by atoms with Crippen molar-refractivity contribution in [2.45, 2.75) is 6.92 Å². The first-order valence-corrected chi connectivity index (χ1v) is 11.5. The van der Waals surface area contributed by atoms with Crippen molar-refractivity contribution in [3.63, 3.8) is 0 Å². The Bertz CT molecular complexity index is 1370. The molecule has 0 N–H and O–H groups in total. The summed E-state index contributed by atoms with van der Waals surface area (Å²) in [5.41, 5.74) is 5.04. The van der Waals surface area contributed by atoms with Gasteiger partial charge in [0.2, 0.25) is 6.79 Å². The smallest absolute Gasteiger partial charge is 0.250 e. The molecular formula is C25H27N7O2. The van der Waals surface area contributed by atoms with E-state index in [9.17, 15) is 0 Å². The molecule has 0 bridgehead atoms. The standard InChI is InChI=1S/C25H27N7O2/c1-18-4-3-5-20(12-18)31(14-21-15-33-17-34-21)25-27-24-22-7-6-19(30-10-8-29(2)9-11-30)13-23(22)26-16-32(24)28-25/h3-7,12-13,15-16H,8-11,14,17H2,1-2H3. The van der Waals surface area contributed by atoms with Crippen LogP contribution in [0.15, 0.2) is 60.8 Å². The summed E-state index contributed by atoms with van der Waals surface area (Å²) >= 11 is 0. The van der Waals surface area contributed by atoms with E-state index < -0.39 is 0 Å². The van der Waals surface area contributed by atoms with E-state index >= 15 is 0 Å². The second-order valence-electron chi connectivity index (χ2n) is 8.85. The average Bonchev–Trinajstić information content (AvgIpc) is 3.52. The van der Waals surface area contributed by atoms with Gasteiger partial charge in [-0.2, -0.15) is 9.50 Å². The van der Waals surface area contributed by atoms with E-state index in [1.54, 1.807) is 17.1 Å². The summed E-state index contributed by atoms with van der Waals surface area (Å²) in [7, 11) is 2.17. The molecule has 2 aliphatic heterocycles. The largest absolute Gasteiger partial charge is 0.462 e. The summed E-state index contributed by atoms with van der Waals surface area (Å²) < 4.78 is 12.6. The molecule has 0 spiro atoms. The number of fused-ring (bicyclic) bond motifs is 3. The number of nitrogens with zero attached hydrogens (tertiary/aromatic N) is 7. The first-order chi connectivity index (χ1) is 16.6. The van der Waals surface area contributed by atoms with Crippen molar-refractivity contribution < 1.29 is 9.47 Å². The number of likely N-dealkylation sites (N-methyl/N-ethyl adjacent to an activating group) is 1. The van der Waals surface area contributed by atoms with Gasteiger partial charge in [0.05, 0.1) is 12.1 Å². The van der Waals surface area contributed by atoms with Gasteiger partial charge in [0, 0.05) is 42.9 Å². The lowest BCUT2D eigenvalue weighted by Crippen LogP contribution is -2.44. The molecule has 9 nitrogen and oxygen atoms in total. The molecule has 0 aliphatic carbocycles. The minimum Gasteiger partial charge on any atom is -0.462 e. The number of piperazine rings is 1. The minimum absolute atomic E-state index is 0.236. The van der Waals surface area contributed by atoms with E-state index in [1.807, 2.05) is 17.0 Å². The van der Waals surface area contributed by atoms with E-state index in [0.717, 1.165) is 59.7 Å². The van der Waals surface area contributed by atoms with Gasteiger partial charge in [0.1, 0.15) is 12.6 Å². The maximum atomic E-state index is 5.59. The monoisotopic (exact) mass is 457 g/mol. The number of benzene rings is 2. The molecule has 2 aromatic heterocycles. The van der Waals surface area contributed by atoms with Crippen LogP contribution in [0.5, 0.6) is 0 Å². The highest BCUT2D eigenvalue weighted by Crippen LogP contribution is 2.29. The maximum Gasteiger partial charge on any atom is 0.250 e. The van der Waals surface area contributed by atoms with Crippen LogP contribution in [-0.2, 0) is 9.47 Å². The first-order valence-electron chi connectivity index (χ1n) is 11.5. The molecule has 0 saturated carbocycles. The Morgan fingerprint density at radius 2 is 1.94 bits per heavy atom. The molecule has 1 fully saturated rings. The van der Waals surface area contributed by atoms with Gasteiger partial charge in [-0.3, -0.25) is 0 Å². The number of aryl methyl sites for hydroxylation is 1. The molecule has 2 aromatic carbocycles. The fourth-order valence-electron chi connectivity index (χ4n) is 4.47. The Morgan fingerprint density at radius 3 is 2.74 bits per heavy atom. The lowest BCUT2D eigenvalue weighted by Gasteiger charge is -2.34. The summed E-state index contributed by atoms with van der Waals surface area (Å²) in [5, 5.41) is 5.74. The van der Waals surface area contributed by atoms with Gasteiger partial charge < -0.3 is 24.2 Å². The van der Waals surface area contributed by atoms with Crippen molar-refractivity contribution >= 4 is 33.9 Å². The Morgan fingerprint density at radius 1 is 1.06 bits per heavy atom. The highest BCUT2D eigenvalue weighted by molar-refractivity contribution is 5.93. The average molecular weight is 458 g/mol. The van der Waals surface area contributed by atoms with E-state index in [2.05, 4.69) is 54.1 Å². The van der Waals surface area contributed by atoms with Crippen LogP contribution >= 0.6 is 0 Å². The fourth-order valence-corrected chi connectivity index (χ4v) is 4.47. The normalized spacial score (nSPS) is 16.5. The summed E-state index contributed by atoms with van der Waals surface area (Å²) in [6.45, 7) is 6.95. The summed E-state index contributed by atoms with van der Waals surface area (Å²) in [4.78, 5) is 16.4. The third-order valence-corrected chi connectivity index (χ3v) is 6.41. The number of ether oxygens (including phenoxy) is 2. The third kappa shape index (κ3) is 3.88. The maximum absolute atomic E-state index is 5.59. The highest BCUT2D eigenvalue weighted by atomic mass is 16.7. The van der Waals surface area contributed by atoms with Crippen LogP contribution in [0, 0.1) is 6.92 Å². The summed E-state index contributed by atoms with van der Waals surface area (Å²) in [6, 6.07) is 14.7. The fraction of sp³-hybridized carbons (Fsp3) is 0.320. The predicted octanol–water partition coefficient (Wildman–Crippen LogP) is 3.32. The first kappa shape index (κ1) is 20.7. The zero-order valence-corrected chi connectivity index (χ0v) is 19.4. The van der Waals surface area contributed by atoms with Gasteiger partial charge in [-0.25, -0.2) is 4.98 Å². The molecule has 0 unspecified atom stereocenters. The molecule has 9 heteroatoms. The van der Waals surface area contributed by atoms with Crippen molar-refractivity contribution in [1.82, 2.24) is 24.5 Å². The SMILES string of the molecule is Cc1cccc(N(CC2=COCO2)c2nc3c4ccc(N5CCN(C)CC5)cc4ncn3n2)c1. The predicted molar refractivity (Wildman–Crippen MR) is 131 cm³/mol. The van der Waals surface area contributed by atoms with Gasteiger partial charge in [0.15, 0.2) is 11.4 Å². The second kappa shape index (κ2) is 8.49. The van der Waals surface area contributed by atoms with Crippen molar-refractivity contribution in [2.75, 3.05) is 56.4 Å². The topological polar surface area (TPSA) is 71.3 Å². The molecule has 0 amide bonds. The van der Waals surface area contributed by atoms with Crippen LogP contribution in [0.1, 0.15) is 5.56 Å². The number of hydrogen-bond acceptors (Lipinski definition) is 8. The molecule has 2 aliphatic rings. The van der Waals surface area contributed by atoms with Crippen LogP contribution in [0.2, 0.25) is 0 Å². The van der Waals surface area contributed by atoms with Crippen LogP contribution in [0.25, 0.3) is 16.6 Å². The number of aromatic nitrogens is 4. The van der Waals surface area contributed by atoms with Gasteiger partial charge in [-0.15, -0.1) is 5.10 Å². The molecular weight excluding hydrogens is 430 g/mol.